The van der Waals surface area contributed by atoms with Gasteiger partial charge in [0.15, 0.2) is 0 Å². The van der Waals surface area contributed by atoms with Crippen molar-refractivity contribution >= 4 is 5.91 Å². The van der Waals surface area contributed by atoms with Crippen LogP contribution in [0.3, 0.4) is 0 Å². The van der Waals surface area contributed by atoms with Crippen LogP contribution in [0.15, 0.2) is 18.3 Å². The summed E-state index contributed by atoms with van der Waals surface area (Å²) in [7, 11) is 0. The Kier molecular flexibility index (Phi) is 4.26. The zero-order chi connectivity index (χ0) is 12.8. The van der Waals surface area contributed by atoms with E-state index in [1.807, 2.05) is 6.07 Å². The van der Waals surface area contributed by atoms with E-state index in [4.69, 9.17) is 5.26 Å². The largest absolute Gasteiger partial charge is 0.349 e. The van der Waals surface area contributed by atoms with E-state index in [9.17, 15) is 4.79 Å². The molecule has 1 aliphatic heterocycles. The summed E-state index contributed by atoms with van der Waals surface area (Å²) in [5.74, 6) is -0.182. The molecule has 0 aliphatic carbocycles. The van der Waals surface area contributed by atoms with E-state index in [0.29, 0.717) is 17.8 Å². The number of nitrogens with one attached hydrogen (secondary N) is 1. The van der Waals surface area contributed by atoms with Gasteiger partial charge in [-0.25, -0.2) is 4.98 Å². The molecule has 1 aromatic heterocycles. The standard InChI is InChI=1S/C13H16N4O/c14-9-11-3-4-12(16-10-11)13(18)15-5-8-17-6-1-2-7-17/h3-4,10H,1-2,5-8H2,(H,15,18). The maximum atomic E-state index is 11.7. The molecule has 1 saturated heterocycles. The van der Waals surface area contributed by atoms with Crippen molar-refractivity contribution in [3.05, 3.63) is 29.6 Å². The Bertz CT molecular complexity index is 443. The Balaban J connectivity index is 1.78. The van der Waals surface area contributed by atoms with E-state index in [2.05, 4.69) is 15.2 Å². The van der Waals surface area contributed by atoms with Crippen molar-refractivity contribution in [2.45, 2.75) is 12.8 Å². The third kappa shape index (κ3) is 3.28. The fourth-order valence-corrected chi connectivity index (χ4v) is 2.02. The average Bonchev–Trinajstić information content (AvgIpc) is 2.92. The number of aromatic nitrogens is 1. The van der Waals surface area contributed by atoms with Gasteiger partial charge in [-0.2, -0.15) is 5.26 Å². The van der Waals surface area contributed by atoms with Crippen molar-refractivity contribution in [2.75, 3.05) is 26.2 Å². The van der Waals surface area contributed by atoms with Gasteiger partial charge in [-0.15, -0.1) is 0 Å². The molecule has 5 nitrogen and oxygen atoms in total. The van der Waals surface area contributed by atoms with Crippen LogP contribution in [0.5, 0.6) is 0 Å². The summed E-state index contributed by atoms with van der Waals surface area (Å²) in [4.78, 5) is 18.0. The van der Waals surface area contributed by atoms with E-state index in [1.54, 1.807) is 12.1 Å². The Morgan fingerprint density at radius 1 is 1.44 bits per heavy atom. The van der Waals surface area contributed by atoms with Crippen molar-refractivity contribution in [1.82, 2.24) is 15.2 Å². The Hall–Kier alpha value is -1.93. The molecule has 2 heterocycles. The van der Waals surface area contributed by atoms with Crippen LogP contribution >= 0.6 is 0 Å². The normalized spacial score (nSPS) is 15.3. The van der Waals surface area contributed by atoms with Gasteiger partial charge >= 0.3 is 0 Å². The summed E-state index contributed by atoms with van der Waals surface area (Å²) in [5, 5.41) is 11.5. The number of carbonyl (C=O) groups excluding carboxylic acids is 1. The van der Waals surface area contributed by atoms with E-state index in [-0.39, 0.29) is 5.91 Å². The number of hydrogen-bond acceptors (Lipinski definition) is 4. The molecule has 18 heavy (non-hydrogen) atoms. The van der Waals surface area contributed by atoms with Gasteiger partial charge in [-0.3, -0.25) is 4.79 Å². The van der Waals surface area contributed by atoms with Gasteiger partial charge in [-0.1, -0.05) is 0 Å². The molecule has 0 atom stereocenters. The summed E-state index contributed by atoms with van der Waals surface area (Å²) in [5.41, 5.74) is 0.819. The highest BCUT2D eigenvalue weighted by molar-refractivity contribution is 5.92. The summed E-state index contributed by atoms with van der Waals surface area (Å²) in [6.07, 6.45) is 3.92. The minimum absolute atomic E-state index is 0.182. The molecule has 0 spiro atoms. The van der Waals surface area contributed by atoms with Crippen LogP contribution in [0.4, 0.5) is 0 Å². The monoisotopic (exact) mass is 244 g/mol. The molecule has 1 fully saturated rings. The lowest BCUT2D eigenvalue weighted by molar-refractivity contribution is 0.0945. The highest BCUT2D eigenvalue weighted by Gasteiger charge is 2.12. The number of rotatable bonds is 4. The fourth-order valence-electron chi connectivity index (χ4n) is 2.02. The first-order chi connectivity index (χ1) is 8.79. The van der Waals surface area contributed by atoms with Crippen molar-refractivity contribution < 1.29 is 4.79 Å². The molecule has 5 heteroatoms. The molecular formula is C13H16N4O. The van der Waals surface area contributed by atoms with E-state index >= 15 is 0 Å². The number of pyridine rings is 1. The molecule has 94 valence electrons. The minimum Gasteiger partial charge on any atom is -0.349 e. The van der Waals surface area contributed by atoms with Gasteiger partial charge in [0, 0.05) is 19.3 Å². The van der Waals surface area contributed by atoms with Gasteiger partial charge in [0.25, 0.3) is 5.91 Å². The smallest absolute Gasteiger partial charge is 0.269 e. The van der Waals surface area contributed by atoms with Crippen molar-refractivity contribution in [3.8, 4) is 6.07 Å². The van der Waals surface area contributed by atoms with Gasteiger partial charge in [0.2, 0.25) is 0 Å². The third-order valence-corrected chi connectivity index (χ3v) is 3.04. The topological polar surface area (TPSA) is 69.0 Å². The van der Waals surface area contributed by atoms with Crippen LogP contribution in [0, 0.1) is 11.3 Å². The van der Waals surface area contributed by atoms with Crippen molar-refractivity contribution in [3.63, 3.8) is 0 Å². The number of likely N-dealkylation sites (tertiary alicyclic amines) is 1. The van der Waals surface area contributed by atoms with Crippen LogP contribution in [0.25, 0.3) is 0 Å². The first kappa shape index (κ1) is 12.5. The Morgan fingerprint density at radius 2 is 2.22 bits per heavy atom. The van der Waals surface area contributed by atoms with Crippen LogP contribution in [-0.2, 0) is 0 Å². The molecule has 1 aliphatic rings. The zero-order valence-electron chi connectivity index (χ0n) is 10.2. The lowest BCUT2D eigenvalue weighted by Crippen LogP contribution is -2.33. The van der Waals surface area contributed by atoms with Crippen molar-refractivity contribution in [1.29, 1.82) is 5.26 Å². The molecule has 0 saturated carbocycles. The maximum Gasteiger partial charge on any atom is 0.269 e. The van der Waals surface area contributed by atoms with Gasteiger partial charge in [0.05, 0.1) is 5.56 Å². The summed E-state index contributed by atoms with van der Waals surface area (Å²) >= 11 is 0. The molecule has 1 aromatic rings. The van der Waals surface area contributed by atoms with Crippen LogP contribution in [0.1, 0.15) is 28.9 Å². The molecule has 0 unspecified atom stereocenters. The maximum absolute atomic E-state index is 11.7. The molecule has 0 aromatic carbocycles. The predicted molar refractivity (Wildman–Crippen MR) is 67.0 cm³/mol. The van der Waals surface area contributed by atoms with Gasteiger partial charge in [-0.05, 0) is 38.1 Å². The zero-order valence-corrected chi connectivity index (χ0v) is 10.2. The lowest BCUT2D eigenvalue weighted by atomic mass is 10.2. The highest BCUT2D eigenvalue weighted by Crippen LogP contribution is 2.05. The summed E-state index contributed by atoms with van der Waals surface area (Å²) < 4.78 is 0. The Morgan fingerprint density at radius 3 is 2.83 bits per heavy atom. The fraction of sp³-hybridized carbons (Fsp3) is 0.462. The second kappa shape index (κ2) is 6.12. The third-order valence-electron chi connectivity index (χ3n) is 3.04. The molecular weight excluding hydrogens is 228 g/mol. The second-order valence-electron chi connectivity index (χ2n) is 4.35. The van der Waals surface area contributed by atoms with Crippen LogP contribution < -0.4 is 5.32 Å². The molecule has 0 bridgehead atoms. The second-order valence-corrected chi connectivity index (χ2v) is 4.35. The minimum atomic E-state index is -0.182. The number of nitriles is 1. The summed E-state index contributed by atoms with van der Waals surface area (Å²) in [6, 6.07) is 5.15. The number of carbonyl (C=O) groups is 1. The number of amides is 1. The van der Waals surface area contributed by atoms with Crippen LogP contribution in [0.2, 0.25) is 0 Å². The highest BCUT2D eigenvalue weighted by atomic mass is 16.1. The SMILES string of the molecule is N#Cc1ccc(C(=O)NCCN2CCCC2)nc1. The van der Waals surface area contributed by atoms with E-state index < -0.39 is 0 Å². The van der Waals surface area contributed by atoms with Gasteiger partial charge < -0.3 is 10.2 Å². The summed E-state index contributed by atoms with van der Waals surface area (Å²) in [6.45, 7) is 3.79. The lowest BCUT2D eigenvalue weighted by Gasteiger charge is -2.14. The average molecular weight is 244 g/mol. The molecule has 1 amide bonds. The van der Waals surface area contributed by atoms with E-state index in [0.717, 1.165) is 19.6 Å². The predicted octanol–water partition coefficient (Wildman–Crippen LogP) is 0.779. The first-order valence-electron chi connectivity index (χ1n) is 6.16. The first-order valence-corrected chi connectivity index (χ1v) is 6.16. The molecule has 0 radical (unpaired) electrons. The number of hydrogen-bond donors (Lipinski definition) is 1. The quantitative estimate of drug-likeness (QED) is 0.849. The Labute approximate surface area is 106 Å². The molecule has 2 rings (SSSR count). The van der Waals surface area contributed by atoms with Gasteiger partial charge in [0.1, 0.15) is 11.8 Å². The van der Waals surface area contributed by atoms with Crippen LogP contribution in [-0.4, -0.2) is 42.0 Å². The van der Waals surface area contributed by atoms with Crippen molar-refractivity contribution in [2.24, 2.45) is 0 Å². The molecule has 1 N–H and O–H groups in total. The number of nitrogens with zero attached hydrogens (tertiary/aromatic N) is 3. The van der Waals surface area contributed by atoms with E-state index in [1.165, 1.54) is 19.0 Å².